The molecular formula is C10H10FNO2. The molecule has 1 aromatic rings. The van der Waals surface area contributed by atoms with E-state index in [-0.39, 0.29) is 17.9 Å². The zero-order valence-electron chi connectivity index (χ0n) is 7.46. The highest BCUT2D eigenvalue weighted by atomic mass is 19.1. The Morgan fingerprint density at radius 2 is 2.36 bits per heavy atom. The molecule has 0 aliphatic carbocycles. The topological polar surface area (TPSA) is 49.3 Å². The van der Waals surface area contributed by atoms with Crippen molar-refractivity contribution in [3.8, 4) is 5.75 Å². The molecule has 4 heteroatoms. The fourth-order valence-corrected chi connectivity index (χ4v) is 0.991. The van der Waals surface area contributed by atoms with Crippen LogP contribution < -0.4 is 5.32 Å². The number of carbonyl (C=O) groups excluding carboxylic acids is 1. The largest absolute Gasteiger partial charge is 0.507 e. The van der Waals surface area contributed by atoms with E-state index in [1.807, 2.05) is 0 Å². The number of carbonyl (C=O) groups is 1. The number of hydrogen-bond donors (Lipinski definition) is 2. The van der Waals surface area contributed by atoms with Crippen LogP contribution in [0.2, 0.25) is 0 Å². The van der Waals surface area contributed by atoms with E-state index in [9.17, 15) is 14.3 Å². The van der Waals surface area contributed by atoms with E-state index in [2.05, 4.69) is 11.9 Å². The summed E-state index contributed by atoms with van der Waals surface area (Å²) in [6.07, 6.45) is 1.47. The number of hydrogen-bond acceptors (Lipinski definition) is 2. The Bertz CT molecular complexity index is 343. The Hall–Kier alpha value is -1.84. The Morgan fingerprint density at radius 3 is 2.93 bits per heavy atom. The Kier molecular flexibility index (Phi) is 3.23. The minimum absolute atomic E-state index is 0.229. The smallest absolute Gasteiger partial charge is 0.258 e. The standard InChI is InChI=1S/C10H10FNO2/c1-2-6-12-10(14)9-7(11)4-3-5-8(9)13/h2-5,13H,1,6H2,(H,12,14). The number of benzene rings is 1. The van der Waals surface area contributed by atoms with Crippen molar-refractivity contribution in [1.29, 1.82) is 0 Å². The molecule has 0 aromatic heterocycles. The van der Waals surface area contributed by atoms with Gasteiger partial charge in [-0.25, -0.2) is 4.39 Å². The number of aromatic hydroxyl groups is 1. The summed E-state index contributed by atoms with van der Waals surface area (Å²) in [7, 11) is 0. The van der Waals surface area contributed by atoms with Crippen molar-refractivity contribution in [2.24, 2.45) is 0 Å². The van der Waals surface area contributed by atoms with Gasteiger partial charge in [0.05, 0.1) is 0 Å². The number of nitrogens with one attached hydrogen (secondary N) is 1. The molecule has 1 rings (SSSR count). The minimum atomic E-state index is -0.744. The van der Waals surface area contributed by atoms with E-state index in [1.165, 1.54) is 18.2 Å². The van der Waals surface area contributed by atoms with Gasteiger partial charge in [-0.1, -0.05) is 12.1 Å². The van der Waals surface area contributed by atoms with Gasteiger partial charge in [-0.15, -0.1) is 6.58 Å². The number of halogens is 1. The van der Waals surface area contributed by atoms with Gasteiger partial charge in [0.15, 0.2) is 0 Å². The molecule has 0 fully saturated rings. The summed E-state index contributed by atoms with van der Waals surface area (Å²) in [5, 5.41) is 11.6. The van der Waals surface area contributed by atoms with Crippen LogP contribution in [0.1, 0.15) is 10.4 Å². The molecule has 2 N–H and O–H groups in total. The SMILES string of the molecule is C=CCNC(=O)c1c(O)cccc1F. The van der Waals surface area contributed by atoms with Crippen LogP contribution in [0, 0.1) is 5.82 Å². The molecule has 0 atom stereocenters. The van der Waals surface area contributed by atoms with Crippen LogP contribution in [0.5, 0.6) is 5.75 Å². The maximum Gasteiger partial charge on any atom is 0.258 e. The second-order valence-electron chi connectivity index (χ2n) is 2.63. The zero-order valence-corrected chi connectivity index (χ0v) is 7.46. The molecule has 0 radical (unpaired) electrons. The summed E-state index contributed by atoms with van der Waals surface area (Å²) in [5.41, 5.74) is -0.339. The second kappa shape index (κ2) is 4.41. The summed E-state index contributed by atoms with van der Waals surface area (Å²) in [5.74, 6) is -1.77. The first-order valence-corrected chi connectivity index (χ1v) is 4.03. The molecule has 3 nitrogen and oxygen atoms in total. The lowest BCUT2D eigenvalue weighted by molar-refractivity contribution is 0.0951. The quantitative estimate of drug-likeness (QED) is 0.717. The number of phenols is 1. The third kappa shape index (κ3) is 2.10. The maximum atomic E-state index is 13.1. The first-order chi connectivity index (χ1) is 6.66. The van der Waals surface area contributed by atoms with E-state index in [1.54, 1.807) is 0 Å². The van der Waals surface area contributed by atoms with E-state index in [4.69, 9.17) is 0 Å². The monoisotopic (exact) mass is 195 g/mol. The van der Waals surface area contributed by atoms with Gasteiger partial charge in [-0.05, 0) is 12.1 Å². The third-order valence-corrected chi connectivity index (χ3v) is 1.63. The van der Waals surface area contributed by atoms with Gasteiger partial charge in [-0.3, -0.25) is 4.79 Å². The van der Waals surface area contributed by atoms with E-state index < -0.39 is 11.7 Å². The predicted molar refractivity (Wildman–Crippen MR) is 50.6 cm³/mol. The molecule has 1 aromatic carbocycles. The summed E-state index contributed by atoms with van der Waals surface area (Å²) >= 11 is 0. The van der Waals surface area contributed by atoms with Gasteiger partial charge in [0.25, 0.3) is 5.91 Å². The first-order valence-electron chi connectivity index (χ1n) is 4.03. The highest BCUT2D eigenvalue weighted by Crippen LogP contribution is 2.19. The molecule has 14 heavy (non-hydrogen) atoms. The molecule has 0 saturated carbocycles. The lowest BCUT2D eigenvalue weighted by Gasteiger charge is -2.05. The molecular weight excluding hydrogens is 185 g/mol. The summed E-state index contributed by atoms with van der Waals surface area (Å²) in [6.45, 7) is 3.63. The predicted octanol–water partition coefficient (Wildman–Crippen LogP) is 1.45. The van der Waals surface area contributed by atoms with Crippen molar-refractivity contribution in [1.82, 2.24) is 5.32 Å². The van der Waals surface area contributed by atoms with Crippen LogP contribution in [0.4, 0.5) is 4.39 Å². The van der Waals surface area contributed by atoms with Crippen molar-refractivity contribution < 1.29 is 14.3 Å². The molecule has 0 aliphatic heterocycles. The van der Waals surface area contributed by atoms with Gasteiger partial charge in [0, 0.05) is 6.54 Å². The molecule has 0 aliphatic rings. The number of phenolic OH excluding ortho intramolecular Hbond substituents is 1. The zero-order chi connectivity index (χ0) is 10.6. The van der Waals surface area contributed by atoms with E-state index in [0.717, 1.165) is 6.07 Å². The highest BCUT2D eigenvalue weighted by Gasteiger charge is 2.14. The Morgan fingerprint density at radius 1 is 1.64 bits per heavy atom. The molecule has 0 saturated heterocycles. The average molecular weight is 195 g/mol. The van der Waals surface area contributed by atoms with Crippen molar-refractivity contribution in [2.75, 3.05) is 6.54 Å². The highest BCUT2D eigenvalue weighted by molar-refractivity contribution is 5.97. The fraction of sp³-hybridized carbons (Fsp3) is 0.100. The number of rotatable bonds is 3. The Labute approximate surface area is 80.9 Å². The third-order valence-electron chi connectivity index (χ3n) is 1.63. The lowest BCUT2D eigenvalue weighted by Crippen LogP contribution is -2.24. The first kappa shape index (κ1) is 10.2. The molecule has 74 valence electrons. The summed E-state index contributed by atoms with van der Waals surface area (Å²) < 4.78 is 13.1. The van der Waals surface area contributed by atoms with Gasteiger partial charge in [0.1, 0.15) is 17.1 Å². The summed E-state index contributed by atoms with van der Waals surface area (Å²) in [4.78, 5) is 11.3. The van der Waals surface area contributed by atoms with Crippen LogP contribution in [0.25, 0.3) is 0 Å². The molecule has 0 bridgehead atoms. The average Bonchev–Trinajstić information content (AvgIpc) is 2.14. The lowest BCUT2D eigenvalue weighted by atomic mass is 10.2. The van der Waals surface area contributed by atoms with E-state index >= 15 is 0 Å². The maximum absolute atomic E-state index is 13.1. The van der Waals surface area contributed by atoms with Crippen LogP contribution >= 0.6 is 0 Å². The number of amides is 1. The molecule has 0 heterocycles. The fourth-order valence-electron chi connectivity index (χ4n) is 0.991. The van der Waals surface area contributed by atoms with Gasteiger partial charge in [0.2, 0.25) is 0 Å². The van der Waals surface area contributed by atoms with Gasteiger partial charge < -0.3 is 10.4 Å². The van der Waals surface area contributed by atoms with Crippen LogP contribution in [-0.4, -0.2) is 17.6 Å². The van der Waals surface area contributed by atoms with Gasteiger partial charge >= 0.3 is 0 Å². The van der Waals surface area contributed by atoms with Gasteiger partial charge in [-0.2, -0.15) is 0 Å². The van der Waals surface area contributed by atoms with Crippen molar-refractivity contribution in [3.05, 3.63) is 42.2 Å². The van der Waals surface area contributed by atoms with Crippen LogP contribution in [0.15, 0.2) is 30.9 Å². The van der Waals surface area contributed by atoms with Crippen LogP contribution in [0.3, 0.4) is 0 Å². The Balaban J connectivity index is 2.94. The van der Waals surface area contributed by atoms with Crippen molar-refractivity contribution in [2.45, 2.75) is 0 Å². The molecule has 0 spiro atoms. The normalized spacial score (nSPS) is 9.50. The van der Waals surface area contributed by atoms with Crippen molar-refractivity contribution >= 4 is 5.91 Å². The summed E-state index contributed by atoms with van der Waals surface area (Å²) in [6, 6.07) is 3.70. The molecule has 0 unspecified atom stereocenters. The van der Waals surface area contributed by atoms with Crippen molar-refractivity contribution in [3.63, 3.8) is 0 Å². The second-order valence-corrected chi connectivity index (χ2v) is 2.63. The minimum Gasteiger partial charge on any atom is -0.507 e. The van der Waals surface area contributed by atoms with Crippen LogP contribution in [-0.2, 0) is 0 Å². The molecule has 1 amide bonds. The van der Waals surface area contributed by atoms with E-state index in [0.29, 0.717) is 0 Å².